The highest BCUT2D eigenvalue weighted by Crippen LogP contribution is 2.27. The Labute approximate surface area is 99.4 Å². The topological polar surface area (TPSA) is 41.1 Å². The molecule has 3 atom stereocenters. The number of carbonyl (C=O) groups is 1. The standard InChI is InChI=1S/C13H26N2O/c1-10-5-4-6-12(7-10)9-15-13(16)11(2)8-14-3/h10-12,14H,4-9H2,1-3H3,(H,15,16). The van der Waals surface area contributed by atoms with Crippen molar-refractivity contribution < 1.29 is 4.79 Å². The summed E-state index contributed by atoms with van der Waals surface area (Å²) in [6.07, 6.45) is 5.25. The average molecular weight is 226 g/mol. The Bertz CT molecular complexity index is 218. The van der Waals surface area contributed by atoms with E-state index in [2.05, 4.69) is 17.6 Å². The molecule has 3 nitrogen and oxygen atoms in total. The molecule has 1 aliphatic rings. The molecule has 0 spiro atoms. The molecule has 0 radical (unpaired) electrons. The van der Waals surface area contributed by atoms with E-state index in [1.165, 1.54) is 25.7 Å². The molecule has 0 aromatic heterocycles. The molecular weight excluding hydrogens is 200 g/mol. The summed E-state index contributed by atoms with van der Waals surface area (Å²) in [4.78, 5) is 11.7. The summed E-state index contributed by atoms with van der Waals surface area (Å²) in [7, 11) is 1.88. The van der Waals surface area contributed by atoms with E-state index in [-0.39, 0.29) is 11.8 Å². The van der Waals surface area contributed by atoms with Gasteiger partial charge in [0.1, 0.15) is 0 Å². The van der Waals surface area contributed by atoms with Gasteiger partial charge in [-0.25, -0.2) is 0 Å². The van der Waals surface area contributed by atoms with E-state index in [9.17, 15) is 4.79 Å². The van der Waals surface area contributed by atoms with E-state index in [1.54, 1.807) is 0 Å². The van der Waals surface area contributed by atoms with Crippen LogP contribution in [-0.4, -0.2) is 26.0 Å². The minimum Gasteiger partial charge on any atom is -0.356 e. The summed E-state index contributed by atoms with van der Waals surface area (Å²) in [5, 5.41) is 6.11. The van der Waals surface area contributed by atoms with Crippen LogP contribution in [0.25, 0.3) is 0 Å². The van der Waals surface area contributed by atoms with Gasteiger partial charge in [0.2, 0.25) is 5.91 Å². The zero-order chi connectivity index (χ0) is 12.0. The highest BCUT2D eigenvalue weighted by Gasteiger charge is 2.20. The van der Waals surface area contributed by atoms with Crippen molar-refractivity contribution in [1.82, 2.24) is 10.6 Å². The van der Waals surface area contributed by atoms with Crippen LogP contribution in [0.3, 0.4) is 0 Å². The molecule has 1 saturated carbocycles. The monoisotopic (exact) mass is 226 g/mol. The maximum atomic E-state index is 11.7. The van der Waals surface area contributed by atoms with Crippen molar-refractivity contribution in [2.24, 2.45) is 17.8 Å². The number of rotatable bonds is 5. The summed E-state index contributed by atoms with van der Waals surface area (Å²) in [5.74, 6) is 1.80. The molecule has 0 saturated heterocycles. The van der Waals surface area contributed by atoms with Crippen LogP contribution in [0.2, 0.25) is 0 Å². The first kappa shape index (κ1) is 13.5. The van der Waals surface area contributed by atoms with Crippen LogP contribution in [0.15, 0.2) is 0 Å². The Hall–Kier alpha value is -0.570. The summed E-state index contributed by atoms with van der Waals surface area (Å²) >= 11 is 0. The summed E-state index contributed by atoms with van der Waals surface area (Å²) in [6, 6.07) is 0. The van der Waals surface area contributed by atoms with E-state index in [4.69, 9.17) is 0 Å². The van der Waals surface area contributed by atoms with Crippen molar-refractivity contribution in [2.75, 3.05) is 20.1 Å². The fourth-order valence-electron chi connectivity index (χ4n) is 2.56. The predicted molar refractivity (Wildman–Crippen MR) is 67.2 cm³/mol. The lowest BCUT2D eigenvalue weighted by Gasteiger charge is -2.27. The minimum atomic E-state index is 0.0750. The maximum Gasteiger partial charge on any atom is 0.224 e. The van der Waals surface area contributed by atoms with Gasteiger partial charge in [-0.15, -0.1) is 0 Å². The van der Waals surface area contributed by atoms with E-state index in [1.807, 2.05) is 14.0 Å². The highest BCUT2D eigenvalue weighted by molar-refractivity contribution is 5.78. The molecular formula is C13H26N2O. The lowest BCUT2D eigenvalue weighted by Crippen LogP contribution is -2.37. The fraction of sp³-hybridized carbons (Fsp3) is 0.923. The van der Waals surface area contributed by atoms with Gasteiger partial charge in [0.05, 0.1) is 0 Å². The van der Waals surface area contributed by atoms with Crippen LogP contribution in [0.1, 0.15) is 39.5 Å². The molecule has 3 unspecified atom stereocenters. The van der Waals surface area contributed by atoms with Crippen LogP contribution < -0.4 is 10.6 Å². The zero-order valence-corrected chi connectivity index (χ0v) is 10.9. The van der Waals surface area contributed by atoms with E-state index in [0.717, 1.165) is 19.0 Å². The second kappa shape index (κ2) is 6.89. The minimum absolute atomic E-state index is 0.0750. The SMILES string of the molecule is CNCC(C)C(=O)NCC1CCCC(C)C1. The van der Waals surface area contributed by atoms with Gasteiger partial charge < -0.3 is 10.6 Å². The molecule has 0 aromatic carbocycles. The first-order valence-electron chi connectivity index (χ1n) is 6.55. The van der Waals surface area contributed by atoms with Crippen molar-refractivity contribution in [2.45, 2.75) is 39.5 Å². The fourth-order valence-corrected chi connectivity index (χ4v) is 2.56. The largest absolute Gasteiger partial charge is 0.356 e. The molecule has 1 fully saturated rings. The second-order valence-corrected chi connectivity index (χ2v) is 5.34. The third kappa shape index (κ3) is 4.52. The Kier molecular flexibility index (Phi) is 5.81. The molecule has 0 aliphatic heterocycles. The predicted octanol–water partition coefficient (Wildman–Crippen LogP) is 1.78. The second-order valence-electron chi connectivity index (χ2n) is 5.34. The summed E-state index contributed by atoms with van der Waals surface area (Å²) < 4.78 is 0. The third-order valence-electron chi connectivity index (χ3n) is 3.57. The molecule has 0 bridgehead atoms. The van der Waals surface area contributed by atoms with E-state index in [0.29, 0.717) is 5.92 Å². The first-order chi connectivity index (χ1) is 7.63. The van der Waals surface area contributed by atoms with Crippen LogP contribution in [-0.2, 0) is 4.79 Å². The first-order valence-corrected chi connectivity index (χ1v) is 6.55. The van der Waals surface area contributed by atoms with Crippen molar-refractivity contribution in [3.05, 3.63) is 0 Å². The molecule has 1 aliphatic carbocycles. The highest BCUT2D eigenvalue weighted by atomic mass is 16.1. The quantitative estimate of drug-likeness (QED) is 0.750. The lowest BCUT2D eigenvalue weighted by atomic mass is 9.82. The number of amides is 1. The van der Waals surface area contributed by atoms with Crippen molar-refractivity contribution in [3.63, 3.8) is 0 Å². The van der Waals surface area contributed by atoms with Crippen molar-refractivity contribution >= 4 is 5.91 Å². The van der Waals surface area contributed by atoms with Crippen LogP contribution in [0.4, 0.5) is 0 Å². The van der Waals surface area contributed by atoms with Gasteiger partial charge in [0.15, 0.2) is 0 Å². The molecule has 94 valence electrons. The van der Waals surface area contributed by atoms with Gasteiger partial charge >= 0.3 is 0 Å². The Morgan fingerprint density at radius 3 is 2.81 bits per heavy atom. The molecule has 16 heavy (non-hydrogen) atoms. The Balaban J connectivity index is 2.20. The van der Waals surface area contributed by atoms with Gasteiger partial charge in [-0.2, -0.15) is 0 Å². The van der Waals surface area contributed by atoms with Gasteiger partial charge in [0.25, 0.3) is 0 Å². The lowest BCUT2D eigenvalue weighted by molar-refractivity contribution is -0.124. The molecule has 0 heterocycles. The summed E-state index contributed by atoms with van der Waals surface area (Å²) in [5.41, 5.74) is 0. The van der Waals surface area contributed by atoms with Crippen LogP contribution in [0, 0.1) is 17.8 Å². The number of carbonyl (C=O) groups excluding carboxylic acids is 1. The van der Waals surface area contributed by atoms with Gasteiger partial charge in [0, 0.05) is 19.0 Å². The number of nitrogens with one attached hydrogen (secondary N) is 2. The van der Waals surface area contributed by atoms with Crippen LogP contribution >= 0.6 is 0 Å². The van der Waals surface area contributed by atoms with E-state index >= 15 is 0 Å². The molecule has 1 amide bonds. The summed E-state index contributed by atoms with van der Waals surface area (Å²) in [6.45, 7) is 5.91. The maximum absolute atomic E-state index is 11.7. The van der Waals surface area contributed by atoms with Crippen molar-refractivity contribution in [3.8, 4) is 0 Å². The zero-order valence-electron chi connectivity index (χ0n) is 10.9. The Morgan fingerprint density at radius 1 is 1.44 bits per heavy atom. The smallest absolute Gasteiger partial charge is 0.224 e. The normalized spacial score (nSPS) is 27.4. The molecule has 2 N–H and O–H groups in total. The molecule has 1 rings (SSSR count). The number of hydrogen-bond acceptors (Lipinski definition) is 2. The van der Waals surface area contributed by atoms with Crippen molar-refractivity contribution in [1.29, 1.82) is 0 Å². The Morgan fingerprint density at radius 2 is 2.19 bits per heavy atom. The van der Waals surface area contributed by atoms with Crippen LogP contribution in [0.5, 0.6) is 0 Å². The number of hydrogen-bond donors (Lipinski definition) is 2. The van der Waals surface area contributed by atoms with Gasteiger partial charge in [-0.1, -0.05) is 26.7 Å². The third-order valence-corrected chi connectivity index (χ3v) is 3.57. The van der Waals surface area contributed by atoms with Gasteiger partial charge in [-0.3, -0.25) is 4.79 Å². The molecule has 0 aromatic rings. The average Bonchev–Trinajstić information content (AvgIpc) is 2.26. The molecule has 3 heteroatoms. The van der Waals surface area contributed by atoms with Gasteiger partial charge in [-0.05, 0) is 31.7 Å². The van der Waals surface area contributed by atoms with E-state index < -0.39 is 0 Å².